The van der Waals surface area contributed by atoms with Crippen LogP contribution in [-0.4, -0.2) is 18.0 Å². The van der Waals surface area contributed by atoms with Crippen molar-refractivity contribution in [1.82, 2.24) is 0 Å². The molecule has 0 saturated carbocycles. The van der Waals surface area contributed by atoms with Gasteiger partial charge in [-0.25, -0.2) is 4.39 Å². The summed E-state index contributed by atoms with van der Waals surface area (Å²) in [5.41, 5.74) is 1.49. The molecule has 0 spiro atoms. The molecule has 2 rings (SSSR count). The lowest BCUT2D eigenvalue weighted by Gasteiger charge is -2.16. The number of carbonyl (C=O) groups excluding carboxylic acids is 2. The highest BCUT2D eigenvalue weighted by Gasteiger charge is 2.20. The quantitative estimate of drug-likeness (QED) is 0.818. The summed E-state index contributed by atoms with van der Waals surface area (Å²) in [5.74, 6) is -1.27. The van der Waals surface area contributed by atoms with Gasteiger partial charge in [0.25, 0.3) is 5.91 Å². The van der Waals surface area contributed by atoms with E-state index in [1.54, 1.807) is 0 Å². The van der Waals surface area contributed by atoms with Crippen LogP contribution in [0.25, 0.3) is 0 Å². The molecular weight excluding hydrogens is 309 g/mol. The van der Waals surface area contributed by atoms with Crippen LogP contribution in [0.4, 0.5) is 10.1 Å². The van der Waals surface area contributed by atoms with E-state index in [4.69, 9.17) is 4.74 Å². The van der Waals surface area contributed by atoms with Crippen molar-refractivity contribution < 1.29 is 18.7 Å². The van der Waals surface area contributed by atoms with E-state index in [-0.39, 0.29) is 18.2 Å². The summed E-state index contributed by atoms with van der Waals surface area (Å²) in [7, 11) is 0. The van der Waals surface area contributed by atoms with Crippen LogP contribution >= 0.6 is 0 Å². The second kappa shape index (κ2) is 8.24. The average Bonchev–Trinajstić information content (AvgIpc) is 2.57. The number of hydrogen-bond acceptors (Lipinski definition) is 3. The molecule has 5 heteroatoms. The molecule has 2 atom stereocenters. The van der Waals surface area contributed by atoms with Crippen LogP contribution in [0.2, 0.25) is 0 Å². The number of amides is 1. The molecule has 2 aromatic carbocycles. The number of carbonyl (C=O) groups is 2. The van der Waals surface area contributed by atoms with Crippen molar-refractivity contribution in [1.29, 1.82) is 0 Å². The molecule has 0 aliphatic rings. The fourth-order valence-electron chi connectivity index (χ4n) is 2.23. The van der Waals surface area contributed by atoms with E-state index in [0.717, 1.165) is 5.56 Å². The fourth-order valence-corrected chi connectivity index (χ4v) is 2.23. The van der Waals surface area contributed by atoms with E-state index in [0.29, 0.717) is 5.69 Å². The van der Waals surface area contributed by atoms with Gasteiger partial charge in [-0.05, 0) is 42.7 Å². The van der Waals surface area contributed by atoms with E-state index >= 15 is 0 Å². The highest BCUT2D eigenvalue weighted by molar-refractivity contribution is 5.95. The summed E-state index contributed by atoms with van der Waals surface area (Å²) in [5, 5.41) is 2.58. The average molecular weight is 329 g/mol. The zero-order valence-corrected chi connectivity index (χ0v) is 13.7. The first-order valence-electron chi connectivity index (χ1n) is 7.76. The Morgan fingerprint density at radius 2 is 1.67 bits per heavy atom. The first-order chi connectivity index (χ1) is 11.5. The number of rotatable bonds is 6. The molecule has 0 aliphatic heterocycles. The van der Waals surface area contributed by atoms with E-state index in [9.17, 15) is 14.0 Å². The molecule has 2 aromatic rings. The summed E-state index contributed by atoms with van der Waals surface area (Å²) in [6.45, 7) is 3.43. The second-order valence-corrected chi connectivity index (χ2v) is 5.64. The van der Waals surface area contributed by atoms with Crippen LogP contribution in [-0.2, 0) is 14.3 Å². The fraction of sp³-hybridized carbons (Fsp3) is 0.263. The third-order valence-electron chi connectivity index (χ3n) is 3.63. The van der Waals surface area contributed by atoms with Crippen LogP contribution < -0.4 is 5.32 Å². The van der Waals surface area contributed by atoms with Crippen molar-refractivity contribution in [2.45, 2.75) is 32.3 Å². The van der Waals surface area contributed by atoms with Gasteiger partial charge in [-0.2, -0.15) is 0 Å². The minimum Gasteiger partial charge on any atom is -0.453 e. The lowest BCUT2D eigenvalue weighted by molar-refractivity contribution is -0.153. The third kappa shape index (κ3) is 5.19. The monoisotopic (exact) mass is 329 g/mol. The first-order valence-corrected chi connectivity index (χ1v) is 7.76. The van der Waals surface area contributed by atoms with E-state index in [1.807, 2.05) is 37.3 Å². The van der Waals surface area contributed by atoms with Gasteiger partial charge in [0, 0.05) is 5.69 Å². The standard InChI is InChI=1S/C19H20FNO3/c1-13(15-6-4-3-5-7-15)12-18(22)24-14(2)19(23)21-17-10-8-16(20)9-11-17/h3-11,13-14H,12H2,1-2H3,(H,21,23)/t13-,14+/m1/s1. The van der Waals surface area contributed by atoms with Gasteiger partial charge >= 0.3 is 5.97 Å². The van der Waals surface area contributed by atoms with E-state index in [1.165, 1.54) is 31.2 Å². The van der Waals surface area contributed by atoms with Crippen LogP contribution in [0.15, 0.2) is 54.6 Å². The Morgan fingerprint density at radius 3 is 2.29 bits per heavy atom. The van der Waals surface area contributed by atoms with Crippen molar-refractivity contribution in [3.8, 4) is 0 Å². The number of benzene rings is 2. The number of nitrogens with one attached hydrogen (secondary N) is 1. The molecule has 0 heterocycles. The second-order valence-electron chi connectivity index (χ2n) is 5.64. The summed E-state index contributed by atoms with van der Waals surface area (Å²) in [4.78, 5) is 24.0. The van der Waals surface area contributed by atoms with Crippen molar-refractivity contribution in [2.24, 2.45) is 0 Å². The largest absolute Gasteiger partial charge is 0.453 e. The van der Waals surface area contributed by atoms with Crippen molar-refractivity contribution in [3.05, 3.63) is 66.0 Å². The van der Waals surface area contributed by atoms with Gasteiger partial charge in [-0.1, -0.05) is 37.3 Å². The van der Waals surface area contributed by atoms with E-state index < -0.39 is 18.0 Å². The van der Waals surface area contributed by atoms with Gasteiger partial charge < -0.3 is 10.1 Å². The zero-order chi connectivity index (χ0) is 17.5. The molecule has 0 saturated heterocycles. The Labute approximate surface area is 140 Å². The Hall–Kier alpha value is -2.69. The van der Waals surface area contributed by atoms with Gasteiger partial charge in [-0.3, -0.25) is 9.59 Å². The van der Waals surface area contributed by atoms with Crippen LogP contribution in [0.5, 0.6) is 0 Å². The zero-order valence-electron chi connectivity index (χ0n) is 13.7. The Bertz CT molecular complexity index is 686. The minimum absolute atomic E-state index is 0.00561. The maximum Gasteiger partial charge on any atom is 0.307 e. The van der Waals surface area contributed by atoms with Gasteiger partial charge in [0.1, 0.15) is 5.82 Å². The predicted octanol–water partition coefficient (Wildman–Crippen LogP) is 3.89. The number of hydrogen-bond donors (Lipinski definition) is 1. The molecule has 4 nitrogen and oxygen atoms in total. The highest BCUT2D eigenvalue weighted by Crippen LogP contribution is 2.19. The van der Waals surface area contributed by atoms with Gasteiger partial charge in [0.15, 0.2) is 6.10 Å². The lowest BCUT2D eigenvalue weighted by atomic mass is 9.98. The molecule has 126 valence electrons. The summed E-state index contributed by atoms with van der Waals surface area (Å²) >= 11 is 0. The number of halogens is 1. The maximum absolute atomic E-state index is 12.8. The molecule has 1 N–H and O–H groups in total. The van der Waals surface area contributed by atoms with Crippen LogP contribution in [0.1, 0.15) is 31.7 Å². The maximum atomic E-state index is 12.8. The molecule has 0 fully saturated rings. The highest BCUT2D eigenvalue weighted by atomic mass is 19.1. The lowest BCUT2D eigenvalue weighted by Crippen LogP contribution is -2.30. The number of esters is 1. The topological polar surface area (TPSA) is 55.4 Å². The van der Waals surface area contributed by atoms with Crippen LogP contribution in [0.3, 0.4) is 0 Å². The molecule has 1 amide bonds. The third-order valence-corrected chi connectivity index (χ3v) is 3.63. The van der Waals surface area contributed by atoms with Gasteiger partial charge in [0.05, 0.1) is 6.42 Å². The van der Waals surface area contributed by atoms with E-state index in [2.05, 4.69) is 5.32 Å². The van der Waals surface area contributed by atoms with Crippen molar-refractivity contribution in [2.75, 3.05) is 5.32 Å². The number of ether oxygens (including phenoxy) is 1. The molecule has 0 aromatic heterocycles. The normalized spacial score (nSPS) is 13.0. The summed E-state index contributed by atoms with van der Waals surface area (Å²) in [6.07, 6.45) is -0.733. The summed E-state index contributed by atoms with van der Waals surface area (Å²) < 4.78 is 18.0. The first kappa shape index (κ1) is 17.7. The van der Waals surface area contributed by atoms with Gasteiger partial charge in [-0.15, -0.1) is 0 Å². The minimum atomic E-state index is -0.925. The van der Waals surface area contributed by atoms with Crippen molar-refractivity contribution >= 4 is 17.6 Å². The smallest absolute Gasteiger partial charge is 0.307 e. The van der Waals surface area contributed by atoms with Gasteiger partial charge in [0.2, 0.25) is 0 Å². The Balaban J connectivity index is 1.84. The van der Waals surface area contributed by atoms with Crippen LogP contribution in [0, 0.1) is 5.82 Å². The molecule has 0 radical (unpaired) electrons. The molecular formula is C19H20FNO3. The predicted molar refractivity (Wildman–Crippen MR) is 90.1 cm³/mol. The molecule has 0 bridgehead atoms. The Kier molecular flexibility index (Phi) is 6.07. The molecule has 24 heavy (non-hydrogen) atoms. The molecule has 0 aliphatic carbocycles. The molecule has 0 unspecified atom stereocenters. The summed E-state index contributed by atoms with van der Waals surface area (Å²) in [6, 6.07) is 15.0. The number of anilines is 1. The SMILES string of the molecule is C[C@H](OC(=O)C[C@@H](C)c1ccccc1)C(=O)Nc1ccc(F)cc1. The van der Waals surface area contributed by atoms with Crippen molar-refractivity contribution in [3.63, 3.8) is 0 Å². The Morgan fingerprint density at radius 1 is 1.04 bits per heavy atom.